The Hall–Kier alpha value is -0.0500. The van der Waals surface area contributed by atoms with Crippen LogP contribution in [-0.4, -0.2) is 13.6 Å². The SMILES string of the molecule is CNCC1CCCCC1Cc1ccc(Br)cc1Cl. The molecular formula is C15H21BrClN. The van der Waals surface area contributed by atoms with E-state index in [9.17, 15) is 0 Å². The summed E-state index contributed by atoms with van der Waals surface area (Å²) in [4.78, 5) is 0. The Kier molecular flexibility index (Phi) is 5.53. The van der Waals surface area contributed by atoms with Gasteiger partial charge in [-0.05, 0) is 62.4 Å². The van der Waals surface area contributed by atoms with Crippen LogP contribution in [0.15, 0.2) is 22.7 Å². The number of hydrogen-bond acceptors (Lipinski definition) is 1. The van der Waals surface area contributed by atoms with Gasteiger partial charge in [-0.25, -0.2) is 0 Å². The molecule has 0 aromatic heterocycles. The summed E-state index contributed by atoms with van der Waals surface area (Å²) in [6.45, 7) is 1.14. The van der Waals surface area contributed by atoms with Crippen LogP contribution in [0.3, 0.4) is 0 Å². The van der Waals surface area contributed by atoms with Crippen molar-refractivity contribution in [1.29, 1.82) is 0 Å². The Labute approximate surface area is 123 Å². The first kappa shape index (κ1) is 14.4. The molecule has 1 aliphatic rings. The highest BCUT2D eigenvalue weighted by molar-refractivity contribution is 9.10. The average Bonchev–Trinajstić information content (AvgIpc) is 2.35. The van der Waals surface area contributed by atoms with Crippen molar-refractivity contribution in [3.8, 4) is 0 Å². The van der Waals surface area contributed by atoms with E-state index in [4.69, 9.17) is 11.6 Å². The summed E-state index contributed by atoms with van der Waals surface area (Å²) in [5.74, 6) is 1.59. The van der Waals surface area contributed by atoms with Gasteiger partial charge >= 0.3 is 0 Å². The largest absolute Gasteiger partial charge is 0.319 e. The maximum absolute atomic E-state index is 6.33. The van der Waals surface area contributed by atoms with Crippen LogP contribution in [-0.2, 0) is 6.42 Å². The van der Waals surface area contributed by atoms with Crippen molar-refractivity contribution in [2.75, 3.05) is 13.6 Å². The van der Waals surface area contributed by atoms with Crippen molar-refractivity contribution >= 4 is 27.5 Å². The highest BCUT2D eigenvalue weighted by Crippen LogP contribution is 2.34. The zero-order valence-electron chi connectivity index (χ0n) is 10.9. The van der Waals surface area contributed by atoms with E-state index < -0.39 is 0 Å². The quantitative estimate of drug-likeness (QED) is 0.846. The predicted molar refractivity (Wildman–Crippen MR) is 82.2 cm³/mol. The van der Waals surface area contributed by atoms with Crippen molar-refractivity contribution in [2.24, 2.45) is 11.8 Å². The molecule has 2 rings (SSSR count). The number of rotatable bonds is 4. The Morgan fingerprint density at radius 3 is 2.67 bits per heavy atom. The van der Waals surface area contributed by atoms with E-state index >= 15 is 0 Å². The van der Waals surface area contributed by atoms with Crippen molar-refractivity contribution in [2.45, 2.75) is 32.1 Å². The van der Waals surface area contributed by atoms with Gasteiger partial charge in [-0.15, -0.1) is 0 Å². The van der Waals surface area contributed by atoms with Crippen molar-refractivity contribution in [3.05, 3.63) is 33.3 Å². The molecule has 3 heteroatoms. The normalized spacial score (nSPS) is 24.2. The third-order valence-electron chi connectivity index (χ3n) is 4.03. The summed E-state index contributed by atoms with van der Waals surface area (Å²) in [6, 6.07) is 6.27. The van der Waals surface area contributed by atoms with E-state index in [1.807, 2.05) is 6.07 Å². The summed E-state index contributed by atoms with van der Waals surface area (Å²) in [6.07, 6.45) is 6.59. The predicted octanol–water partition coefficient (Wildman–Crippen LogP) is 4.67. The summed E-state index contributed by atoms with van der Waals surface area (Å²) in [5, 5.41) is 4.24. The molecule has 0 heterocycles. The molecule has 18 heavy (non-hydrogen) atoms. The van der Waals surface area contributed by atoms with Crippen LogP contribution in [0.2, 0.25) is 5.02 Å². The number of nitrogens with one attached hydrogen (secondary N) is 1. The number of benzene rings is 1. The summed E-state index contributed by atoms with van der Waals surface area (Å²) in [5.41, 5.74) is 1.30. The minimum Gasteiger partial charge on any atom is -0.319 e. The van der Waals surface area contributed by atoms with Crippen molar-refractivity contribution in [3.63, 3.8) is 0 Å². The van der Waals surface area contributed by atoms with Gasteiger partial charge in [-0.2, -0.15) is 0 Å². The van der Waals surface area contributed by atoms with E-state index in [1.54, 1.807) is 0 Å². The highest BCUT2D eigenvalue weighted by Gasteiger charge is 2.25. The molecule has 1 fully saturated rings. The molecular weight excluding hydrogens is 310 g/mol. The van der Waals surface area contributed by atoms with Gasteiger partial charge in [0.05, 0.1) is 0 Å². The Morgan fingerprint density at radius 2 is 2.00 bits per heavy atom. The lowest BCUT2D eigenvalue weighted by Crippen LogP contribution is -2.30. The number of hydrogen-bond donors (Lipinski definition) is 1. The molecule has 1 saturated carbocycles. The van der Waals surface area contributed by atoms with E-state index in [0.717, 1.165) is 34.3 Å². The van der Waals surface area contributed by atoms with Gasteiger partial charge < -0.3 is 5.32 Å². The van der Waals surface area contributed by atoms with Gasteiger partial charge in [0, 0.05) is 9.50 Å². The lowest BCUT2D eigenvalue weighted by Gasteiger charge is -2.31. The standard InChI is InChI=1S/C15H21BrClN/c1-18-10-13-5-3-2-4-11(13)8-12-6-7-14(16)9-15(12)17/h6-7,9,11,13,18H,2-5,8,10H2,1H3. The second kappa shape index (κ2) is 6.93. The molecule has 0 radical (unpaired) electrons. The Morgan fingerprint density at radius 1 is 1.28 bits per heavy atom. The second-order valence-corrected chi connectivity index (χ2v) is 6.63. The average molecular weight is 331 g/mol. The first-order chi connectivity index (χ1) is 8.70. The number of halogens is 2. The van der Waals surface area contributed by atoms with Gasteiger partial charge in [0.15, 0.2) is 0 Å². The van der Waals surface area contributed by atoms with E-state index in [-0.39, 0.29) is 0 Å². The minimum atomic E-state index is 0.782. The molecule has 2 atom stereocenters. The molecule has 1 N–H and O–H groups in total. The first-order valence-corrected chi connectivity index (χ1v) is 7.96. The maximum atomic E-state index is 6.33. The van der Waals surface area contributed by atoms with Crippen LogP contribution in [0.25, 0.3) is 0 Å². The molecule has 1 aliphatic carbocycles. The van der Waals surface area contributed by atoms with Gasteiger partial charge in [-0.1, -0.05) is 46.4 Å². The molecule has 1 aromatic rings. The highest BCUT2D eigenvalue weighted by atomic mass is 79.9. The third kappa shape index (κ3) is 3.72. The van der Waals surface area contributed by atoms with E-state index in [0.29, 0.717) is 0 Å². The molecule has 2 unspecified atom stereocenters. The Bertz CT molecular complexity index is 392. The second-order valence-electron chi connectivity index (χ2n) is 5.30. The topological polar surface area (TPSA) is 12.0 Å². The lowest BCUT2D eigenvalue weighted by molar-refractivity contribution is 0.232. The zero-order valence-corrected chi connectivity index (χ0v) is 13.2. The van der Waals surface area contributed by atoms with Crippen LogP contribution in [0.4, 0.5) is 0 Å². The van der Waals surface area contributed by atoms with Crippen LogP contribution in [0.5, 0.6) is 0 Å². The van der Waals surface area contributed by atoms with Gasteiger partial charge in [0.1, 0.15) is 0 Å². The molecule has 0 bridgehead atoms. The molecule has 0 aliphatic heterocycles. The Balaban J connectivity index is 2.06. The maximum Gasteiger partial charge on any atom is 0.0449 e. The first-order valence-electron chi connectivity index (χ1n) is 6.79. The fourth-order valence-corrected chi connectivity index (χ4v) is 3.80. The van der Waals surface area contributed by atoms with Crippen molar-refractivity contribution in [1.82, 2.24) is 5.32 Å². The van der Waals surface area contributed by atoms with E-state index in [2.05, 4.69) is 40.4 Å². The summed E-state index contributed by atoms with van der Waals surface area (Å²) < 4.78 is 1.06. The molecule has 0 amide bonds. The fraction of sp³-hybridized carbons (Fsp3) is 0.600. The van der Waals surface area contributed by atoms with E-state index in [1.165, 1.54) is 31.2 Å². The van der Waals surface area contributed by atoms with Crippen LogP contribution in [0, 0.1) is 11.8 Å². The molecule has 1 nitrogen and oxygen atoms in total. The van der Waals surface area contributed by atoms with Gasteiger partial charge in [0.25, 0.3) is 0 Å². The molecule has 1 aromatic carbocycles. The van der Waals surface area contributed by atoms with Crippen molar-refractivity contribution < 1.29 is 0 Å². The third-order valence-corrected chi connectivity index (χ3v) is 4.88. The zero-order chi connectivity index (χ0) is 13.0. The van der Waals surface area contributed by atoms with Crippen LogP contribution >= 0.6 is 27.5 Å². The molecule has 0 spiro atoms. The monoisotopic (exact) mass is 329 g/mol. The van der Waals surface area contributed by atoms with Gasteiger partial charge in [0.2, 0.25) is 0 Å². The van der Waals surface area contributed by atoms with Crippen LogP contribution < -0.4 is 5.32 Å². The summed E-state index contributed by atoms with van der Waals surface area (Å²) in [7, 11) is 2.05. The van der Waals surface area contributed by atoms with Crippen LogP contribution in [0.1, 0.15) is 31.2 Å². The van der Waals surface area contributed by atoms with Gasteiger partial charge in [-0.3, -0.25) is 0 Å². The minimum absolute atomic E-state index is 0.782. The fourth-order valence-electron chi connectivity index (χ4n) is 3.05. The molecule has 100 valence electrons. The lowest BCUT2D eigenvalue weighted by atomic mass is 9.76. The molecule has 0 saturated heterocycles. The summed E-state index contributed by atoms with van der Waals surface area (Å²) >= 11 is 9.79. The smallest absolute Gasteiger partial charge is 0.0449 e.